The van der Waals surface area contributed by atoms with Gasteiger partial charge in [-0.1, -0.05) is 17.7 Å². The molecule has 1 atom stereocenters. The van der Waals surface area contributed by atoms with E-state index in [0.717, 1.165) is 11.1 Å². The molecule has 1 heterocycles. The third-order valence-corrected chi connectivity index (χ3v) is 3.17. The molecule has 0 spiro atoms. The van der Waals surface area contributed by atoms with Crippen LogP contribution in [0.3, 0.4) is 0 Å². The second kappa shape index (κ2) is 5.94. The van der Waals surface area contributed by atoms with Gasteiger partial charge in [-0.15, -0.1) is 0 Å². The van der Waals surface area contributed by atoms with Crippen molar-refractivity contribution < 1.29 is 4.39 Å². The molecule has 18 heavy (non-hydrogen) atoms. The van der Waals surface area contributed by atoms with Crippen LogP contribution in [0.15, 0.2) is 42.7 Å². The summed E-state index contributed by atoms with van der Waals surface area (Å²) in [5.41, 5.74) is 2.04. The molecular formula is C14H14ClFN2. The lowest BCUT2D eigenvalue weighted by Crippen LogP contribution is -2.18. The van der Waals surface area contributed by atoms with E-state index >= 15 is 0 Å². The Hall–Kier alpha value is -1.45. The normalized spacial score (nSPS) is 12.4. The van der Waals surface area contributed by atoms with Crippen LogP contribution >= 0.6 is 11.6 Å². The summed E-state index contributed by atoms with van der Waals surface area (Å²) in [7, 11) is 0. The number of hydrogen-bond donors (Lipinski definition) is 1. The third-order valence-electron chi connectivity index (χ3n) is 2.82. The molecule has 0 saturated heterocycles. The SMILES string of the molecule is C[C@H](NCc1ccc(F)cc1Cl)c1ccncc1. The fourth-order valence-corrected chi connectivity index (χ4v) is 1.93. The van der Waals surface area contributed by atoms with E-state index in [2.05, 4.69) is 17.2 Å². The van der Waals surface area contributed by atoms with E-state index < -0.39 is 0 Å². The van der Waals surface area contributed by atoms with Crippen molar-refractivity contribution in [2.24, 2.45) is 0 Å². The fourth-order valence-electron chi connectivity index (χ4n) is 1.70. The molecule has 0 amide bonds. The topological polar surface area (TPSA) is 24.9 Å². The highest BCUT2D eigenvalue weighted by atomic mass is 35.5. The van der Waals surface area contributed by atoms with Gasteiger partial charge in [0.05, 0.1) is 0 Å². The number of aromatic nitrogens is 1. The Morgan fingerprint density at radius 3 is 2.67 bits per heavy atom. The molecule has 1 aromatic carbocycles. The Morgan fingerprint density at radius 2 is 2.00 bits per heavy atom. The largest absolute Gasteiger partial charge is 0.306 e. The van der Waals surface area contributed by atoms with Crippen molar-refractivity contribution in [1.29, 1.82) is 0 Å². The summed E-state index contributed by atoms with van der Waals surface area (Å²) in [4.78, 5) is 3.98. The van der Waals surface area contributed by atoms with Crippen molar-refractivity contribution in [1.82, 2.24) is 10.3 Å². The smallest absolute Gasteiger partial charge is 0.124 e. The number of halogens is 2. The molecule has 0 aliphatic rings. The monoisotopic (exact) mass is 264 g/mol. The molecule has 2 nitrogen and oxygen atoms in total. The zero-order valence-electron chi connectivity index (χ0n) is 10.0. The minimum Gasteiger partial charge on any atom is -0.306 e. The average molecular weight is 265 g/mol. The standard InChI is InChI=1S/C14H14ClFN2/c1-10(11-4-6-17-7-5-11)18-9-12-2-3-13(16)8-14(12)15/h2-8,10,18H,9H2,1H3/t10-/m0/s1. The fraction of sp³-hybridized carbons (Fsp3) is 0.214. The number of benzene rings is 1. The van der Waals surface area contributed by atoms with E-state index in [1.54, 1.807) is 18.5 Å². The first-order valence-electron chi connectivity index (χ1n) is 5.74. The number of nitrogens with one attached hydrogen (secondary N) is 1. The van der Waals surface area contributed by atoms with E-state index in [-0.39, 0.29) is 11.9 Å². The Kier molecular flexibility index (Phi) is 4.28. The van der Waals surface area contributed by atoms with Gasteiger partial charge >= 0.3 is 0 Å². The van der Waals surface area contributed by atoms with Crippen molar-refractivity contribution in [2.75, 3.05) is 0 Å². The molecule has 0 bridgehead atoms. The summed E-state index contributed by atoms with van der Waals surface area (Å²) >= 11 is 5.97. The van der Waals surface area contributed by atoms with Gasteiger partial charge in [0, 0.05) is 30.0 Å². The molecule has 1 N–H and O–H groups in total. The minimum absolute atomic E-state index is 0.189. The molecule has 0 saturated carbocycles. The van der Waals surface area contributed by atoms with Gasteiger partial charge in [-0.05, 0) is 42.3 Å². The van der Waals surface area contributed by atoms with Crippen LogP contribution in [0.4, 0.5) is 4.39 Å². The van der Waals surface area contributed by atoms with Crippen LogP contribution in [-0.2, 0) is 6.54 Å². The summed E-state index contributed by atoms with van der Waals surface area (Å²) in [6, 6.07) is 8.56. The Morgan fingerprint density at radius 1 is 1.28 bits per heavy atom. The highest BCUT2D eigenvalue weighted by Crippen LogP contribution is 2.18. The van der Waals surface area contributed by atoms with Gasteiger partial charge in [0.25, 0.3) is 0 Å². The predicted molar refractivity (Wildman–Crippen MR) is 70.9 cm³/mol. The highest BCUT2D eigenvalue weighted by molar-refractivity contribution is 6.31. The quantitative estimate of drug-likeness (QED) is 0.910. The number of nitrogens with zero attached hydrogens (tertiary/aromatic N) is 1. The molecule has 0 aliphatic heterocycles. The van der Waals surface area contributed by atoms with Crippen LogP contribution in [0.5, 0.6) is 0 Å². The summed E-state index contributed by atoms with van der Waals surface area (Å²) < 4.78 is 12.9. The second-order valence-corrected chi connectivity index (χ2v) is 4.53. The van der Waals surface area contributed by atoms with Crippen molar-refractivity contribution >= 4 is 11.6 Å². The molecule has 0 aliphatic carbocycles. The van der Waals surface area contributed by atoms with E-state index in [4.69, 9.17) is 11.6 Å². The van der Waals surface area contributed by atoms with Gasteiger partial charge < -0.3 is 5.32 Å². The summed E-state index contributed by atoms with van der Waals surface area (Å²) in [5.74, 6) is -0.314. The number of rotatable bonds is 4. The molecule has 4 heteroatoms. The maximum Gasteiger partial charge on any atom is 0.124 e. The number of pyridine rings is 1. The maximum atomic E-state index is 12.9. The van der Waals surface area contributed by atoms with Crippen LogP contribution in [0.1, 0.15) is 24.1 Å². The zero-order valence-corrected chi connectivity index (χ0v) is 10.8. The lowest BCUT2D eigenvalue weighted by Gasteiger charge is -2.14. The van der Waals surface area contributed by atoms with Crippen LogP contribution < -0.4 is 5.32 Å². The lowest BCUT2D eigenvalue weighted by molar-refractivity contribution is 0.572. The van der Waals surface area contributed by atoms with E-state index in [1.807, 2.05) is 12.1 Å². The van der Waals surface area contributed by atoms with Crippen LogP contribution in [0, 0.1) is 5.82 Å². The van der Waals surface area contributed by atoms with Gasteiger partial charge in [-0.25, -0.2) is 4.39 Å². The summed E-state index contributed by atoms with van der Waals surface area (Å²) in [5, 5.41) is 3.79. The third kappa shape index (κ3) is 3.28. The minimum atomic E-state index is -0.314. The van der Waals surface area contributed by atoms with Crippen LogP contribution in [0.25, 0.3) is 0 Å². The first-order chi connectivity index (χ1) is 8.66. The average Bonchev–Trinajstić information content (AvgIpc) is 2.38. The maximum absolute atomic E-state index is 12.9. The molecule has 2 aromatic rings. The van der Waals surface area contributed by atoms with Crippen LogP contribution in [0.2, 0.25) is 5.02 Å². The highest BCUT2D eigenvalue weighted by Gasteiger charge is 2.06. The molecule has 94 valence electrons. The zero-order chi connectivity index (χ0) is 13.0. The summed E-state index contributed by atoms with van der Waals surface area (Å²) in [6.07, 6.45) is 3.52. The molecule has 0 radical (unpaired) electrons. The van der Waals surface area contributed by atoms with Gasteiger partial charge in [-0.2, -0.15) is 0 Å². The van der Waals surface area contributed by atoms with Crippen LogP contribution in [-0.4, -0.2) is 4.98 Å². The molecule has 0 unspecified atom stereocenters. The number of hydrogen-bond acceptors (Lipinski definition) is 2. The van der Waals surface area contributed by atoms with Crippen molar-refractivity contribution in [3.8, 4) is 0 Å². The van der Waals surface area contributed by atoms with Gasteiger partial charge in [-0.3, -0.25) is 4.98 Å². The first-order valence-corrected chi connectivity index (χ1v) is 6.12. The summed E-state index contributed by atoms with van der Waals surface area (Å²) in [6.45, 7) is 2.66. The van der Waals surface area contributed by atoms with Gasteiger partial charge in [0.1, 0.15) is 5.82 Å². The first kappa shape index (κ1) is 13.0. The van der Waals surface area contributed by atoms with Gasteiger partial charge in [0.15, 0.2) is 0 Å². The molecular weight excluding hydrogens is 251 g/mol. The van der Waals surface area contributed by atoms with Crippen molar-refractivity contribution in [3.63, 3.8) is 0 Å². The van der Waals surface area contributed by atoms with E-state index in [9.17, 15) is 4.39 Å². The molecule has 0 fully saturated rings. The Bertz CT molecular complexity index is 516. The second-order valence-electron chi connectivity index (χ2n) is 4.12. The van der Waals surface area contributed by atoms with Gasteiger partial charge in [0.2, 0.25) is 0 Å². The predicted octanol–water partition coefficient (Wildman–Crippen LogP) is 3.72. The Balaban J connectivity index is 1.99. The Labute approximate surface area is 111 Å². The van der Waals surface area contributed by atoms with E-state index in [1.165, 1.54) is 12.1 Å². The molecule has 2 rings (SSSR count). The van der Waals surface area contributed by atoms with E-state index in [0.29, 0.717) is 11.6 Å². The lowest BCUT2D eigenvalue weighted by atomic mass is 10.1. The van der Waals surface area contributed by atoms with Crippen molar-refractivity contribution in [3.05, 3.63) is 64.7 Å². The van der Waals surface area contributed by atoms with Crippen molar-refractivity contribution in [2.45, 2.75) is 19.5 Å². The molecule has 1 aromatic heterocycles.